The Kier molecular flexibility index (Phi) is 4.56. The maximum atomic E-state index is 10.0. The van der Waals surface area contributed by atoms with Gasteiger partial charge in [-0.1, -0.05) is 46.3 Å². The van der Waals surface area contributed by atoms with Crippen LogP contribution in [-0.2, 0) is 0 Å². The number of rotatable bonds is 4. The van der Waals surface area contributed by atoms with Crippen LogP contribution in [0.1, 0.15) is 17.2 Å². The molecule has 2 rings (SSSR count). The summed E-state index contributed by atoms with van der Waals surface area (Å²) in [5, 5.41) is 22.2. The van der Waals surface area contributed by atoms with E-state index < -0.39 is 6.10 Å². The number of halogens is 1. The highest BCUT2D eigenvalue weighted by molar-refractivity contribution is 9.10. The van der Waals surface area contributed by atoms with Crippen molar-refractivity contribution < 1.29 is 5.11 Å². The fraction of sp³-hybridized carbons (Fsp3) is 0.133. The van der Waals surface area contributed by atoms with Crippen molar-refractivity contribution in [1.29, 1.82) is 5.26 Å². The van der Waals surface area contributed by atoms with Gasteiger partial charge in [0.2, 0.25) is 0 Å². The van der Waals surface area contributed by atoms with E-state index in [9.17, 15) is 5.11 Å². The lowest BCUT2D eigenvalue weighted by Gasteiger charge is -2.14. The average molecular weight is 317 g/mol. The van der Waals surface area contributed by atoms with Crippen LogP contribution in [0.4, 0.5) is 5.69 Å². The molecule has 2 aromatic carbocycles. The molecule has 0 amide bonds. The number of aliphatic hydroxyl groups excluding tert-OH is 1. The van der Waals surface area contributed by atoms with Gasteiger partial charge in [0.25, 0.3) is 0 Å². The van der Waals surface area contributed by atoms with Crippen LogP contribution < -0.4 is 5.32 Å². The molecule has 0 fully saturated rings. The number of nitrogens with one attached hydrogen (secondary N) is 1. The van der Waals surface area contributed by atoms with Gasteiger partial charge in [-0.2, -0.15) is 5.26 Å². The second-order valence-corrected chi connectivity index (χ2v) is 5.02. The molecule has 3 nitrogen and oxygen atoms in total. The summed E-state index contributed by atoms with van der Waals surface area (Å²) in [5.74, 6) is 0. The molecular weight excluding hydrogens is 304 g/mol. The summed E-state index contributed by atoms with van der Waals surface area (Å²) in [5.41, 5.74) is 2.13. The first-order chi connectivity index (χ1) is 9.20. The molecule has 4 heteroatoms. The first kappa shape index (κ1) is 13.6. The van der Waals surface area contributed by atoms with Crippen molar-refractivity contribution in [3.8, 4) is 6.07 Å². The summed E-state index contributed by atoms with van der Waals surface area (Å²) in [4.78, 5) is 0. The molecule has 1 unspecified atom stereocenters. The number of hydrogen-bond acceptors (Lipinski definition) is 3. The van der Waals surface area contributed by atoms with Gasteiger partial charge >= 0.3 is 0 Å². The number of nitrogens with zero attached hydrogens (tertiary/aromatic N) is 1. The highest BCUT2D eigenvalue weighted by atomic mass is 79.9. The number of aliphatic hydroxyl groups is 1. The molecule has 0 aliphatic carbocycles. The highest BCUT2D eigenvalue weighted by Crippen LogP contribution is 2.21. The molecule has 0 aromatic heterocycles. The Morgan fingerprint density at radius 3 is 2.63 bits per heavy atom. The van der Waals surface area contributed by atoms with Crippen LogP contribution in [0.2, 0.25) is 0 Å². The molecule has 0 heterocycles. The quantitative estimate of drug-likeness (QED) is 0.908. The number of benzene rings is 2. The van der Waals surface area contributed by atoms with Crippen LogP contribution in [0.3, 0.4) is 0 Å². The van der Waals surface area contributed by atoms with E-state index in [1.165, 1.54) is 0 Å². The molecule has 0 radical (unpaired) electrons. The van der Waals surface area contributed by atoms with Gasteiger partial charge in [-0.3, -0.25) is 0 Å². The molecule has 2 N–H and O–H groups in total. The fourth-order valence-electron chi connectivity index (χ4n) is 1.76. The van der Waals surface area contributed by atoms with Crippen LogP contribution in [0.5, 0.6) is 0 Å². The molecule has 0 spiro atoms. The summed E-state index contributed by atoms with van der Waals surface area (Å²) in [7, 11) is 0. The van der Waals surface area contributed by atoms with Crippen LogP contribution in [0.25, 0.3) is 0 Å². The predicted octanol–water partition coefficient (Wildman–Crippen LogP) is 3.47. The molecule has 0 aliphatic rings. The summed E-state index contributed by atoms with van der Waals surface area (Å²) in [6.07, 6.45) is -0.601. The molecule has 96 valence electrons. The third-order valence-electron chi connectivity index (χ3n) is 2.77. The van der Waals surface area contributed by atoms with Crippen LogP contribution in [0.15, 0.2) is 53.0 Å². The maximum Gasteiger partial charge on any atom is 0.101 e. The molecule has 1 atom stereocenters. The highest BCUT2D eigenvalue weighted by Gasteiger charge is 2.08. The first-order valence-electron chi connectivity index (χ1n) is 5.87. The zero-order valence-electron chi connectivity index (χ0n) is 10.2. The Bertz CT molecular complexity index is 593. The summed E-state index contributed by atoms with van der Waals surface area (Å²) in [6, 6.07) is 17.0. The number of anilines is 1. The second kappa shape index (κ2) is 6.37. The van der Waals surface area contributed by atoms with Gasteiger partial charge in [0.1, 0.15) is 6.07 Å². The van der Waals surface area contributed by atoms with Gasteiger partial charge in [0.15, 0.2) is 0 Å². The lowest BCUT2D eigenvalue weighted by molar-refractivity contribution is 0.191. The van der Waals surface area contributed by atoms with E-state index in [4.69, 9.17) is 5.26 Å². The van der Waals surface area contributed by atoms with Gasteiger partial charge in [-0.15, -0.1) is 0 Å². The van der Waals surface area contributed by atoms with E-state index in [0.717, 1.165) is 15.7 Å². The Balaban J connectivity index is 2.05. The molecule has 0 saturated carbocycles. The molecule has 0 bridgehead atoms. The Morgan fingerprint density at radius 2 is 1.95 bits per heavy atom. The van der Waals surface area contributed by atoms with Crippen LogP contribution >= 0.6 is 15.9 Å². The van der Waals surface area contributed by atoms with Gasteiger partial charge in [0.05, 0.1) is 17.4 Å². The molecule has 0 saturated heterocycles. The molecule has 19 heavy (non-hydrogen) atoms. The van der Waals surface area contributed by atoms with Crippen molar-refractivity contribution in [2.24, 2.45) is 0 Å². The Hall–Kier alpha value is -1.83. The van der Waals surface area contributed by atoms with E-state index in [1.54, 1.807) is 6.07 Å². The van der Waals surface area contributed by atoms with Gasteiger partial charge in [0, 0.05) is 11.0 Å². The number of nitriles is 1. The van der Waals surface area contributed by atoms with E-state index in [-0.39, 0.29) is 0 Å². The summed E-state index contributed by atoms with van der Waals surface area (Å²) >= 11 is 3.33. The van der Waals surface area contributed by atoms with Gasteiger partial charge < -0.3 is 10.4 Å². The maximum absolute atomic E-state index is 10.0. The average Bonchev–Trinajstić information content (AvgIpc) is 2.46. The van der Waals surface area contributed by atoms with Crippen molar-refractivity contribution in [3.05, 3.63) is 64.1 Å². The third kappa shape index (κ3) is 3.57. The van der Waals surface area contributed by atoms with E-state index in [2.05, 4.69) is 27.3 Å². The predicted molar refractivity (Wildman–Crippen MR) is 78.7 cm³/mol. The van der Waals surface area contributed by atoms with E-state index in [1.807, 2.05) is 42.5 Å². The fourth-order valence-corrected chi connectivity index (χ4v) is 2.12. The minimum atomic E-state index is -0.601. The van der Waals surface area contributed by atoms with Crippen molar-refractivity contribution in [2.75, 3.05) is 11.9 Å². The first-order valence-corrected chi connectivity index (χ1v) is 6.66. The zero-order chi connectivity index (χ0) is 13.7. The second-order valence-electron chi connectivity index (χ2n) is 4.11. The van der Waals surface area contributed by atoms with Gasteiger partial charge in [-0.05, 0) is 23.8 Å². The monoisotopic (exact) mass is 316 g/mol. The van der Waals surface area contributed by atoms with Crippen molar-refractivity contribution in [2.45, 2.75) is 6.10 Å². The van der Waals surface area contributed by atoms with Crippen molar-refractivity contribution >= 4 is 21.6 Å². The molecule has 0 aliphatic heterocycles. The number of hydrogen-bond donors (Lipinski definition) is 2. The van der Waals surface area contributed by atoms with E-state index in [0.29, 0.717) is 12.1 Å². The third-order valence-corrected chi connectivity index (χ3v) is 3.27. The molecule has 2 aromatic rings. The van der Waals surface area contributed by atoms with Crippen LogP contribution in [0, 0.1) is 11.3 Å². The smallest absolute Gasteiger partial charge is 0.101 e. The Labute approximate surface area is 120 Å². The molecular formula is C15H13BrN2O. The zero-order valence-corrected chi connectivity index (χ0v) is 11.8. The normalized spacial score (nSPS) is 11.6. The Morgan fingerprint density at radius 1 is 1.21 bits per heavy atom. The summed E-state index contributed by atoms with van der Waals surface area (Å²) in [6.45, 7) is 0.361. The minimum absolute atomic E-state index is 0.361. The van der Waals surface area contributed by atoms with Gasteiger partial charge in [-0.25, -0.2) is 0 Å². The lowest BCUT2D eigenvalue weighted by Crippen LogP contribution is -2.12. The van der Waals surface area contributed by atoms with E-state index >= 15 is 0 Å². The SMILES string of the molecule is N#Cc1cc(Br)ccc1NCC(O)c1ccccc1. The minimum Gasteiger partial charge on any atom is -0.387 e. The van der Waals surface area contributed by atoms with Crippen molar-refractivity contribution in [1.82, 2.24) is 0 Å². The topological polar surface area (TPSA) is 56.0 Å². The standard InChI is InChI=1S/C15H13BrN2O/c16-13-6-7-14(12(8-13)9-17)18-10-15(19)11-4-2-1-3-5-11/h1-8,15,18-19H,10H2. The largest absolute Gasteiger partial charge is 0.387 e. The lowest BCUT2D eigenvalue weighted by atomic mass is 10.1. The summed E-state index contributed by atoms with van der Waals surface area (Å²) < 4.78 is 0.859. The van der Waals surface area contributed by atoms with Crippen LogP contribution in [-0.4, -0.2) is 11.7 Å². The van der Waals surface area contributed by atoms with Crippen molar-refractivity contribution in [3.63, 3.8) is 0 Å².